The third kappa shape index (κ3) is 3.20. The first-order valence-corrected chi connectivity index (χ1v) is 7.66. The average Bonchev–Trinajstić information content (AvgIpc) is 2.85. The summed E-state index contributed by atoms with van der Waals surface area (Å²) in [5.41, 5.74) is 5.77. The lowest BCUT2D eigenvalue weighted by Crippen LogP contribution is -1.95. The highest BCUT2D eigenvalue weighted by Gasteiger charge is 2.03. The van der Waals surface area contributed by atoms with Crippen LogP contribution in [0.25, 0.3) is 10.9 Å². The molecule has 2 aromatic heterocycles. The highest BCUT2D eigenvalue weighted by atomic mass is 35.5. The van der Waals surface area contributed by atoms with Crippen LogP contribution in [0, 0.1) is 13.8 Å². The molecule has 3 rings (SSSR count). The molecule has 0 amide bonds. The van der Waals surface area contributed by atoms with E-state index in [0.29, 0.717) is 10.8 Å². The lowest BCUT2D eigenvalue weighted by atomic mass is 10.1. The van der Waals surface area contributed by atoms with E-state index in [9.17, 15) is 0 Å². The molecule has 0 radical (unpaired) electrons. The molecule has 3 aromatic rings. The maximum Gasteiger partial charge on any atom is 0.147 e. The minimum absolute atomic E-state index is 0.700. The first-order valence-electron chi connectivity index (χ1n) is 6.40. The van der Waals surface area contributed by atoms with Gasteiger partial charge in [-0.3, -0.25) is 5.43 Å². The Labute approximate surface area is 131 Å². The third-order valence-corrected chi connectivity index (χ3v) is 4.02. The van der Waals surface area contributed by atoms with Crippen molar-refractivity contribution in [2.45, 2.75) is 13.8 Å². The lowest BCUT2D eigenvalue weighted by Gasteiger charge is -2.06. The molecule has 0 aliphatic carbocycles. The summed E-state index contributed by atoms with van der Waals surface area (Å²) in [6, 6.07) is 7.61. The molecule has 0 atom stereocenters. The van der Waals surface area contributed by atoms with Crippen LogP contribution in [0.3, 0.4) is 0 Å². The Bertz CT molecular complexity index is 826. The van der Waals surface area contributed by atoms with Crippen molar-refractivity contribution in [3.8, 4) is 0 Å². The molecule has 4 nitrogen and oxygen atoms in total. The van der Waals surface area contributed by atoms with Crippen molar-refractivity contribution in [1.29, 1.82) is 0 Å². The summed E-state index contributed by atoms with van der Waals surface area (Å²) in [5.74, 6) is 0.700. The largest absolute Gasteiger partial charge is 0.261 e. The smallest absolute Gasteiger partial charge is 0.147 e. The molecule has 21 heavy (non-hydrogen) atoms. The van der Waals surface area contributed by atoms with Crippen LogP contribution in [0.4, 0.5) is 5.82 Å². The van der Waals surface area contributed by atoms with Crippen LogP contribution in [-0.2, 0) is 0 Å². The lowest BCUT2D eigenvalue weighted by molar-refractivity contribution is 1.23. The van der Waals surface area contributed by atoms with Gasteiger partial charge in [-0.05, 0) is 43.7 Å². The van der Waals surface area contributed by atoms with E-state index >= 15 is 0 Å². The van der Waals surface area contributed by atoms with Crippen molar-refractivity contribution in [2.75, 3.05) is 5.43 Å². The van der Waals surface area contributed by atoms with E-state index in [2.05, 4.69) is 20.5 Å². The molecular formula is C15H13ClN4S. The number of pyridine rings is 1. The summed E-state index contributed by atoms with van der Waals surface area (Å²) in [4.78, 5) is 8.83. The molecule has 2 heterocycles. The number of fused-ring (bicyclic) bond motifs is 1. The molecular weight excluding hydrogens is 304 g/mol. The Balaban J connectivity index is 1.84. The van der Waals surface area contributed by atoms with Crippen LogP contribution in [0.2, 0.25) is 5.02 Å². The molecule has 0 aliphatic heterocycles. The van der Waals surface area contributed by atoms with Gasteiger partial charge in [0, 0.05) is 15.8 Å². The predicted molar refractivity (Wildman–Crippen MR) is 89.6 cm³/mol. The summed E-state index contributed by atoms with van der Waals surface area (Å²) in [6.45, 7) is 3.99. The van der Waals surface area contributed by atoms with E-state index < -0.39 is 0 Å². The maximum absolute atomic E-state index is 6.01. The van der Waals surface area contributed by atoms with Gasteiger partial charge in [0.1, 0.15) is 5.82 Å². The molecule has 0 spiro atoms. The minimum Gasteiger partial charge on any atom is -0.261 e. The highest BCUT2D eigenvalue weighted by molar-refractivity contribution is 7.09. The minimum atomic E-state index is 0.700. The number of hydrazone groups is 1. The second-order valence-electron chi connectivity index (χ2n) is 4.65. The number of halogens is 1. The van der Waals surface area contributed by atoms with Crippen LogP contribution in [0.15, 0.2) is 34.7 Å². The van der Waals surface area contributed by atoms with E-state index in [1.165, 1.54) is 0 Å². The zero-order valence-corrected chi connectivity index (χ0v) is 13.2. The van der Waals surface area contributed by atoms with Crippen molar-refractivity contribution in [3.63, 3.8) is 0 Å². The summed E-state index contributed by atoms with van der Waals surface area (Å²) in [6.07, 6.45) is 1.69. The zero-order chi connectivity index (χ0) is 14.8. The number of nitrogens with zero attached hydrogens (tertiary/aromatic N) is 3. The van der Waals surface area contributed by atoms with Gasteiger partial charge in [0.15, 0.2) is 0 Å². The van der Waals surface area contributed by atoms with E-state index in [1.54, 1.807) is 17.6 Å². The summed E-state index contributed by atoms with van der Waals surface area (Å²) >= 11 is 7.61. The monoisotopic (exact) mass is 316 g/mol. The van der Waals surface area contributed by atoms with Crippen molar-refractivity contribution in [1.82, 2.24) is 9.97 Å². The molecule has 0 fully saturated rings. The number of thiazole rings is 1. The first-order chi connectivity index (χ1) is 10.1. The number of benzene rings is 1. The van der Waals surface area contributed by atoms with Crippen molar-refractivity contribution in [3.05, 3.63) is 50.9 Å². The van der Waals surface area contributed by atoms with Gasteiger partial charge >= 0.3 is 0 Å². The predicted octanol–water partition coefficient (Wildman–Crippen LogP) is 4.41. The van der Waals surface area contributed by atoms with Gasteiger partial charge in [-0.2, -0.15) is 5.10 Å². The quantitative estimate of drug-likeness (QED) is 0.575. The molecule has 106 valence electrons. The van der Waals surface area contributed by atoms with Gasteiger partial charge in [0.25, 0.3) is 0 Å². The Morgan fingerprint density at radius 3 is 2.86 bits per heavy atom. The van der Waals surface area contributed by atoms with Gasteiger partial charge in [-0.1, -0.05) is 11.6 Å². The number of rotatable bonds is 3. The molecule has 0 saturated carbocycles. The number of hydrogen-bond acceptors (Lipinski definition) is 5. The van der Waals surface area contributed by atoms with Crippen LogP contribution >= 0.6 is 22.9 Å². The molecule has 0 saturated heterocycles. The van der Waals surface area contributed by atoms with Gasteiger partial charge in [-0.25, -0.2) is 9.97 Å². The molecule has 6 heteroatoms. The Morgan fingerprint density at radius 2 is 2.10 bits per heavy atom. The number of hydrogen-bond donors (Lipinski definition) is 1. The summed E-state index contributed by atoms with van der Waals surface area (Å²) in [5, 5.41) is 8.91. The fraction of sp³-hybridized carbons (Fsp3) is 0.133. The molecule has 1 N–H and O–H groups in total. The Morgan fingerprint density at radius 1 is 1.24 bits per heavy atom. The fourth-order valence-electron chi connectivity index (χ4n) is 2.03. The van der Waals surface area contributed by atoms with Crippen LogP contribution in [0.5, 0.6) is 0 Å². The Hall–Kier alpha value is -1.98. The van der Waals surface area contributed by atoms with Crippen LogP contribution < -0.4 is 5.43 Å². The molecule has 1 aromatic carbocycles. The molecule has 0 aliphatic rings. The molecule has 0 bridgehead atoms. The maximum atomic E-state index is 6.01. The van der Waals surface area contributed by atoms with E-state index in [0.717, 1.165) is 27.2 Å². The van der Waals surface area contributed by atoms with E-state index in [-0.39, 0.29) is 0 Å². The van der Waals surface area contributed by atoms with Crippen LogP contribution in [-0.4, -0.2) is 16.2 Å². The number of aryl methyl sites for hydroxylation is 2. The highest BCUT2D eigenvalue weighted by Crippen LogP contribution is 2.23. The fourth-order valence-corrected chi connectivity index (χ4v) is 2.76. The van der Waals surface area contributed by atoms with Gasteiger partial charge in [0.2, 0.25) is 0 Å². The second kappa shape index (κ2) is 5.79. The van der Waals surface area contributed by atoms with E-state index in [1.807, 2.05) is 43.5 Å². The number of aromatic nitrogens is 2. The SMILES string of the molecule is Cc1nc(/C=N/Nc2cc(C)c3cc(Cl)ccc3n2)cs1. The van der Waals surface area contributed by atoms with Crippen molar-refractivity contribution < 1.29 is 0 Å². The summed E-state index contributed by atoms with van der Waals surface area (Å²) in [7, 11) is 0. The second-order valence-corrected chi connectivity index (χ2v) is 6.15. The normalized spacial score (nSPS) is 11.4. The molecule has 0 unspecified atom stereocenters. The summed E-state index contributed by atoms with van der Waals surface area (Å²) < 4.78 is 0. The van der Waals surface area contributed by atoms with Gasteiger partial charge in [0.05, 0.1) is 22.4 Å². The van der Waals surface area contributed by atoms with Crippen LogP contribution in [0.1, 0.15) is 16.3 Å². The Kier molecular flexibility index (Phi) is 3.86. The zero-order valence-electron chi connectivity index (χ0n) is 11.6. The average molecular weight is 317 g/mol. The number of anilines is 1. The van der Waals surface area contributed by atoms with Crippen molar-refractivity contribution in [2.24, 2.45) is 5.10 Å². The first kappa shape index (κ1) is 14.0. The van der Waals surface area contributed by atoms with Gasteiger partial charge < -0.3 is 0 Å². The third-order valence-electron chi connectivity index (χ3n) is 2.99. The van der Waals surface area contributed by atoms with Crippen molar-refractivity contribution >= 4 is 45.9 Å². The standard InChI is InChI=1S/C15H13ClN4S/c1-9-5-15(19-14-4-3-11(16)6-13(9)14)20-17-7-12-8-21-10(2)18-12/h3-8H,1-2H3,(H,19,20)/b17-7+. The topological polar surface area (TPSA) is 50.2 Å². The van der Waals surface area contributed by atoms with Gasteiger partial charge in [-0.15, -0.1) is 11.3 Å². The van der Waals surface area contributed by atoms with E-state index in [4.69, 9.17) is 11.6 Å². The number of nitrogens with one attached hydrogen (secondary N) is 1.